The molecule has 0 heterocycles. The fourth-order valence-electron chi connectivity index (χ4n) is 2.12. The molecule has 2 rings (SSSR count). The molecule has 0 aliphatic heterocycles. The molecular weight excluding hydrogens is 245 g/mol. The van der Waals surface area contributed by atoms with Crippen molar-refractivity contribution in [3.63, 3.8) is 0 Å². The average Bonchev–Trinajstić information content (AvgIpc) is 3.17. The molecular formula is C14H20FN3O. The van der Waals surface area contributed by atoms with Crippen LogP contribution in [0.15, 0.2) is 18.2 Å². The normalized spacial score (nSPS) is 14.7. The minimum Gasteiger partial charge on any atom is -0.396 e. The van der Waals surface area contributed by atoms with Crippen LogP contribution in [-0.2, 0) is 4.79 Å². The van der Waals surface area contributed by atoms with E-state index in [-0.39, 0.29) is 11.6 Å². The lowest BCUT2D eigenvalue weighted by Crippen LogP contribution is -2.35. The van der Waals surface area contributed by atoms with Crippen LogP contribution in [0.2, 0.25) is 0 Å². The Bertz CT molecular complexity index is 460. The molecule has 104 valence electrons. The summed E-state index contributed by atoms with van der Waals surface area (Å²) in [4.78, 5) is 14.1. The molecule has 0 bridgehead atoms. The highest BCUT2D eigenvalue weighted by Crippen LogP contribution is 2.26. The van der Waals surface area contributed by atoms with Crippen LogP contribution in [0, 0.1) is 5.82 Å². The Kier molecular flexibility index (Phi) is 4.37. The second kappa shape index (κ2) is 6.02. The predicted molar refractivity (Wildman–Crippen MR) is 74.3 cm³/mol. The number of anilines is 2. The molecule has 0 spiro atoms. The molecule has 0 atom stereocenters. The topological polar surface area (TPSA) is 58.4 Å². The van der Waals surface area contributed by atoms with Gasteiger partial charge in [-0.15, -0.1) is 0 Å². The van der Waals surface area contributed by atoms with Crippen LogP contribution in [0.25, 0.3) is 0 Å². The summed E-state index contributed by atoms with van der Waals surface area (Å²) < 4.78 is 13.0. The van der Waals surface area contributed by atoms with E-state index in [1.54, 1.807) is 0 Å². The van der Waals surface area contributed by atoms with Gasteiger partial charge in [-0.2, -0.15) is 0 Å². The number of carbonyl (C=O) groups is 1. The van der Waals surface area contributed by atoms with Crippen LogP contribution in [0.4, 0.5) is 15.8 Å². The van der Waals surface area contributed by atoms with E-state index < -0.39 is 5.82 Å². The summed E-state index contributed by atoms with van der Waals surface area (Å²) in [6.07, 6.45) is 3.39. The molecule has 1 aromatic carbocycles. The molecule has 1 fully saturated rings. The van der Waals surface area contributed by atoms with Crippen LogP contribution < -0.4 is 11.1 Å². The van der Waals surface area contributed by atoms with Gasteiger partial charge in [-0.25, -0.2) is 4.39 Å². The van der Waals surface area contributed by atoms with Gasteiger partial charge in [0, 0.05) is 11.7 Å². The van der Waals surface area contributed by atoms with E-state index in [1.165, 1.54) is 31.0 Å². The lowest BCUT2D eigenvalue weighted by molar-refractivity contribution is -0.117. The van der Waals surface area contributed by atoms with E-state index in [9.17, 15) is 9.18 Å². The SMILES string of the molecule is CCCN(CC(=O)Nc1ccc(F)c(N)c1)C1CC1. The third-order valence-electron chi connectivity index (χ3n) is 3.20. The summed E-state index contributed by atoms with van der Waals surface area (Å²) in [5.74, 6) is -0.546. The van der Waals surface area contributed by atoms with Crippen molar-refractivity contribution < 1.29 is 9.18 Å². The Morgan fingerprint density at radius 2 is 2.26 bits per heavy atom. The van der Waals surface area contributed by atoms with Crippen LogP contribution in [-0.4, -0.2) is 29.9 Å². The van der Waals surface area contributed by atoms with Gasteiger partial charge >= 0.3 is 0 Å². The van der Waals surface area contributed by atoms with E-state index in [2.05, 4.69) is 17.1 Å². The van der Waals surface area contributed by atoms with Crippen LogP contribution >= 0.6 is 0 Å². The van der Waals surface area contributed by atoms with Crippen molar-refractivity contribution in [2.45, 2.75) is 32.2 Å². The molecule has 19 heavy (non-hydrogen) atoms. The van der Waals surface area contributed by atoms with Gasteiger partial charge in [-0.05, 0) is 44.0 Å². The molecule has 1 amide bonds. The molecule has 0 radical (unpaired) electrons. The number of amides is 1. The maximum absolute atomic E-state index is 13.0. The van der Waals surface area contributed by atoms with Crippen molar-refractivity contribution in [1.82, 2.24) is 4.90 Å². The molecule has 1 aliphatic rings. The summed E-state index contributed by atoms with van der Waals surface area (Å²) in [7, 11) is 0. The summed E-state index contributed by atoms with van der Waals surface area (Å²) >= 11 is 0. The molecule has 1 aromatic rings. The van der Waals surface area contributed by atoms with Crippen molar-refractivity contribution in [2.24, 2.45) is 0 Å². The number of nitrogens with zero attached hydrogens (tertiary/aromatic N) is 1. The van der Waals surface area contributed by atoms with Gasteiger partial charge in [0.2, 0.25) is 5.91 Å². The van der Waals surface area contributed by atoms with E-state index in [0.717, 1.165) is 13.0 Å². The second-order valence-electron chi connectivity index (χ2n) is 4.99. The number of halogens is 1. The molecule has 3 N–H and O–H groups in total. The molecule has 0 aromatic heterocycles. The van der Waals surface area contributed by atoms with Gasteiger partial charge in [0.15, 0.2) is 0 Å². The Balaban J connectivity index is 1.90. The third-order valence-corrected chi connectivity index (χ3v) is 3.20. The fraction of sp³-hybridized carbons (Fsp3) is 0.500. The Morgan fingerprint density at radius 1 is 1.53 bits per heavy atom. The number of nitrogens with two attached hydrogens (primary N) is 1. The maximum atomic E-state index is 13.0. The van der Waals surface area contributed by atoms with Gasteiger partial charge in [0.1, 0.15) is 5.82 Å². The largest absolute Gasteiger partial charge is 0.396 e. The number of hydrogen-bond acceptors (Lipinski definition) is 3. The first kappa shape index (κ1) is 13.8. The third kappa shape index (κ3) is 3.92. The number of nitrogen functional groups attached to an aromatic ring is 1. The molecule has 4 nitrogen and oxygen atoms in total. The molecule has 1 saturated carbocycles. The number of rotatable bonds is 6. The van der Waals surface area contributed by atoms with Crippen LogP contribution in [0.1, 0.15) is 26.2 Å². The van der Waals surface area contributed by atoms with Crippen molar-refractivity contribution in [1.29, 1.82) is 0 Å². The van der Waals surface area contributed by atoms with Gasteiger partial charge in [-0.3, -0.25) is 9.69 Å². The Hall–Kier alpha value is -1.62. The van der Waals surface area contributed by atoms with Crippen LogP contribution in [0.5, 0.6) is 0 Å². The number of nitrogens with one attached hydrogen (secondary N) is 1. The zero-order valence-corrected chi connectivity index (χ0v) is 11.2. The van der Waals surface area contributed by atoms with E-state index in [0.29, 0.717) is 18.3 Å². The van der Waals surface area contributed by atoms with Crippen molar-refractivity contribution in [3.05, 3.63) is 24.0 Å². The van der Waals surface area contributed by atoms with Gasteiger partial charge in [0.05, 0.1) is 12.2 Å². The molecule has 5 heteroatoms. The fourth-order valence-corrected chi connectivity index (χ4v) is 2.12. The predicted octanol–water partition coefficient (Wildman–Crippen LogP) is 2.22. The van der Waals surface area contributed by atoms with Crippen LogP contribution in [0.3, 0.4) is 0 Å². The summed E-state index contributed by atoms with van der Waals surface area (Å²) in [6, 6.07) is 4.78. The highest BCUT2D eigenvalue weighted by molar-refractivity contribution is 5.92. The minimum atomic E-state index is -0.469. The summed E-state index contributed by atoms with van der Waals surface area (Å²) in [6.45, 7) is 3.42. The maximum Gasteiger partial charge on any atom is 0.238 e. The van der Waals surface area contributed by atoms with E-state index >= 15 is 0 Å². The highest BCUT2D eigenvalue weighted by Gasteiger charge is 2.29. The number of benzene rings is 1. The van der Waals surface area contributed by atoms with E-state index in [1.807, 2.05) is 0 Å². The zero-order chi connectivity index (χ0) is 13.8. The smallest absolute Gasteiger partial charge is 0.238 e. The minimum absolute atomic E-state index is 0.0467. The standard InChI is InChI=1S/C14H20FN3O/c1-2-7-18(11-4-5-11)9-14(19)17-10-3-6-12(15)13(16)8-10/h3,6,8,11H,2,4-5,7,9,16H2,1H3,(H,17,19). The van der Waals surface area contributed by atoms with Gasteiger partial charge in [0.25, 0.3) is 0 Å². The molecule has 0 unspecified atom stereocenters. The first-order chi connectivity index (χ1) is 9.10. The molecule has 0 saturated heterocycles. The lowest BCUT2D eigenvalue weighted by atomic mass is 10.2. The monoisotopic (exact) mass is 265 g/mol. The number of carbonyl (C=O) groups excluding carboxylic acids is 1. The van der Waals surface area contributed by atoms with Crippen molar-refractivity contribution >= 4 is 17.3 Å². The second-order valence-corrected chi connectivity index (χ2v) is 4.99. The Morgan fingerprint density at radius 3 is 2.84 bits per heavy atom. The van der Waals surface area contributed by atoms with E-state index in [4.69, 9.17) is 5.73 Å². The van der Waals surface area contributed by atoms with Crippen molar-refractivity contribution in [2.75, 3.05) is 24.1 Å². The summed E-state index contributed by atoms with van der Waals surface area (Å²) in [5.41, 5.74) is 6.05. The first-order valence-electron chi connectivity index (χ1n) is 6.69. The highest BCUT2D eigenvalue weighted by atomic mass is 19.1. The zero-order valence-electron chi connectivity index (χ0n) is 11.2. The van der Waals surface area contributed by atoms with Crippen molar-refractivity contribution in [3.8, 4) is 0 Å². The summed E-state index contributed by atoms with van der Waals surface area (Å²) in [5, 5.41) is 2.75. The lowest BCUT2D eigenvalue weighted by Gasteiger charge is -2.20. The van der Waals surface area contributed by atoms with Gasteiger partial charge in [-0.1, -0.05) is 6.92 Å². The first-order valence-corrected chi connectivity index (χ1v) is 6.69. The average molecular weight is 265 g/mol. The van der Waals surface area contributed by atoms with Gasteiger partial charge < -0.3 is 11.1 Å². The Labute approximate surface area is 112 Å². The quantitative estimate of drug-likeness (QED) is 0.775. The number of hydrogen-bond donors (Lipinski definition) is 2. The molecule has 1 aliphatic carbocycles.